The normalized spacial score (nSPS) is 23.4. The third-order valence-electron chi connectivity index (χ3n) is 9.57. The molecule has 3 N–H and O–H groups in total. The van der Waals surface area contributed by atoms with Crippen molar-refractivity contribution in [1.29, 1.82) is 0 Å². The number of carbonyl (C=O) groups excluding carboxylic acids is 4. The number of ether oxygens (including phenoxy) is 3. The highest BCUT2D eigenvalue weighted by molar-refractivity contribution is 7.91. The Balaban J connectivity index is 1.44. The molecule has 5 rings (SSSR count). The summed E-state index contributed by atoms with van der Waals surface area (Å²) in [6.45, 7) is 8.69. The summed E-state index contributed by atoms with van der Waals surface area (Å²) in [6.07, 6.45) is 7.37. The van der Waals surface area contributed by atoms with Gasteiger partial charge in [0.15, 0.2) is 0 Å². The van der Waals surface area contributed by atoms with Crippen LogP contribution in [0.25, 0.3) is 10.8 Å². The lowest BCUT2D eigenvalue weighted by atomic mass is 10.1. The molecule has 1 aromatic heterocycles. The number of benzene rings is 1. The molecule has 2 saturated carbocycles. The summed E-state index contributed by atoms with van der Waals surface area (Å²) < 4.78 is 59.4. The van der Waals surface area contributed by atoms with Gasteiger partial charge in [0.2, 0.25) is 27.7 Å². The number of rotatable bonds is 15. The van der Waals surface area contributed by atoms with Crippen LogP contribution in [0.3, 0.4) is 0 Å². The van der Waals surface area contributed by atoms with E-state index in [1.807, 2.05) is 12.2 Å². The molecule has 0 unspecified atom stereocenters. The number of fused-ring (bicyclic) bond motifs is 1. The Bertz CT molecular complexity index is 1860. The molecule has 0 radical (unpaired) electrons. The van der Waals surface area contributed by atoms with Crippen molar-refractivity contribution in [3.8, 4) is 11.6 Å². The van der Waals surface area contributed by atoms with Crippen LogP contribution in [0.2, 0.25) is 0 Å². The van der Waals surface area contributed by atoms with Crippen molar-refractivity contribution in [2.45, 2.75) is 121 Å². The predicted molar refractivity (Wildman–Crippen MR) is 194 cm³/mol. The van der Waals surface area contributed by atoms with Crippen LogP contribution in [0.4, 0.5) is 9.18 Å². The maximum Gasteiger partial charge on any atom is 0.408 e. The first kappa shape index (κ1) is 39.7. The number of halogens is 1. The van der Waals surface area contributed by atoms with Gasteiger partial charge in [0.1, 0.15) is 40.9 Å². The molecule has 290 valence electrons. The average Bonchev–Trinajstić information content (AvgIpc) is 4.01. The van der Waals surface area contributed by atoms with E-state index in [0.29, 0.717) is 23.6 Å². The van der Waals surface area contributed by atoms with Gasteiger partial charge in [-0.25, -0.2) is 22.6 Å². The summed E-state index contributed by atoms with van der Waals surface area (Å²) in [7, 11) is -2.51. The molecule has 2 aliphatic carbocycles. The number of nitrogens with zero attached hydrogens (tertiary/aromatic N) is 2. The van der Waals surface area contributed by atoms with E-state index in [2.05, 4.69) is 27.3 Å². The Morgan fingerprint density at radius 3 is 2.53 bits per heavy atom. The number of pyridine rings is 1. The largest absolute Gasteiger partial charge is 0.496 e. The Kier molecular flexibility index (Phi) is 11.9. The fraction of sp³-hybridized carbons (Fsp3) is 0.595. The maximum atomic E-state index is 14.6. The Hall–Kier alpha value is -4.47. The van der Waals surface area contributed by atoms with Gasteiger partial charge in [-0.3, -0.25) is 19.1 Å². The molecule has 1 aromatic carbocycles. The third-order valence-corrected chi connectivity index (χ3v) is 11.4. The fourth-order valence-corrected chi connectivity index (χ4v) is 7.89. The lowest BCUT2D eigenvalue weighted by Gasteiger charge is -2.30. The molecule has 0 spiro atoms. The van der Waals surface area contributed by atoms with E-state index < -0.39 is 80.2 Å². The highest BCUT2D eigenvalue weighted by Gasteiger charge is 2.62. The minimum atomic E-state index is -3.92. The van der Waals surface area contributed by atoms with E-state index in [-0.39, 0.29) is 37.4 Å². The number of carbonyl (C=O) groups is 4. The first-order chi connectivity index (χ1) is 25.0. The van der Waals surface area contributed by atoms with Crippen LogP contribution < -0.4 is 24.8 Å². The predicted octanol–water partition coefficient (Wildman–Crippen LogP) is 4.26. The van der Waals surface area contributed by atoms with E-state index in [1.54, 1.807) is 33.8 Å². The van der Waals surface area contributed by atoms with Crippen LogP contribution in [0.15, 0.2) is 36.5 Å². The number of unbranched alkanes of at least 4 members (excludes halogenated alkanes) is 2. The second-order valence-corrected chi connectivity index (χ2v) is 16.9. The minimum Gasteiger partial charge on any atom is -0.496 e. The Morgan fingerprint density at radius 2 is 1.89 bits per heavy atom. The zero-order valence-electron chi connectivity index (χ0n) is 31.1. The number of hydrogen-bond acceptors (Lipinski definition) is 10. The molecular formula is C37H50FN5O9S. The first-order valence-corrected chi connectivity index (χ1v) is 19.7. The number of aromatic nitrogens is 1. The molecule has 4 amide bonds. The lowest BCUT2D eigenvalue weighted by molar-refractivity contribution is -0.141. The van der Waals surface area contributed by atoms with Gasteiger partial charge in [0.25, 0.3) is 5.91 Å². The van der Waals surface area contributed by atoms with Gasteiger partial charge in [0, 0.05) is 30.0 Å². The molecular weight excluding hydrogens is 709 g/mol. The zero-order valence-corrected chi connectivity index (χ0v) is 31.9. The standard InChI is InChI=1S/C37H50FN5O9S/c1-7-9-10-11-12-22-20-37(22,34(46)42-53(48,49)25-13-14-25)41-31(44)29-19-24(21-43(29)33(45)28(8-2)40-35(47)52-36(3,4)5)51-32-27-17-23(38)18-30(50-6)26(27)15-16-39-32/h11-12,15-18,22,24-25,28-29H,7-10,13-14,19-21H2,1-6H3,(H,40,47)(H,41,44)(H,42,46)/b12-11-/t22-,24-,28+,29+,37-/m1/s1. The maximum absolute atomic E-state index is 14.6. The van der Waals surface area contributed by atoms with Crippen LogP contribution >= 0.6 is 0 Å². The van der Waals surface area contributed by atoms with Gasteiger partial charge < -0.3 is 29.7 Å². The molecule has 1 saturated heterocycles. The molecule has 2 aromatic rings. The zero-order chi connectivity index (χ0) is 38.7. The first-order valence-electron chi connectivity index (χ1n) is 18.2. The van der Waals surface area contributed by atoms with E-state index in [0.717, 1.165) is 19.3 Å². The fourth-order valence-electron chi connectivity index (χ4n) is 6.52. The summed E-state index contributed by atoms with van der Waals surface area (Å²) in [5.41, 5.74) is -2.39. The second-order valence-electron chi connectivity index (χ2n) is 14.9. The number of nitrogens with one attached hydrogen (secondary N) is 3. The molecule has 53 heavy (non-hydrogen) atoms. The van der Waals surface area contributed by atoms with Crippen molar-refractivity contribution in [3.63, 3.8) is 0 Å². The topological polar surface area (TPSA) is 182 Å². The Morgan fingerprint density at radius 1 is 1.15 bits per heavy atom. The molecule has 14 nitrogen and oxygen atoms in total. The quantitative estimate of drug-likeness (QED) is 0.175. The van der Waals surface area contributed by atoms with E-state index >= 15 is 0 Å². The smallest absolute Gasteiger partial charge is 0.408 e. The van der Waals surface area contributed by atoms with Crippen molar-refractivity contribution in [2.24, 2.45) is 5.92 Å². The van der Waals surface area contributed by atoms with Crippen LogP contribution in [-0.4, -0.2) is 90.3 Å². The van der Waals surface area contributed by atoms with Crippen LogP contribution in [0.5, 0.6) is 11.6 Å². The number of alkyl carbamates (subject to hydrolysis) is 1. The molecule has 1 aliphatic heterocycles. The van der Waals surface area contributed by atoms with Crippen LogP contribution in [0, 0.1) is 11.7 Å². The molecule has 2 heterocycles. The second kappa shape index (κ2) is 15.9. The van der Waals surface area contributed by atoms with E-state index in [1.165, 1.54) is 30.3 Å². The third kappa shape index (κ3) is 9.37. The number of allylic oxidation sites excluding steroid dienone is 1. The molecule has 0 bridgehead atoms. The summed E-state index contributed by atoms with van der Waals surface area (Å²) in [5, 5.41) is 5.61. The van der Waals surface area contributed by atoms with Crippen molar-refractivity contribution in [2.75, 3.05) is 13.7 Å². The molecule has 16 heteroatoms. The van der Waals surface area contributed by atoms with Gasteiger partial charge >= 0.3 is 6.09 Å². The number of likely N-dealkylation sites (tertiary alicyclic amines) is 1. The number of hydrogen-bond donors (Lipinski definition) is 3. The van der Waals surface area contributed by atoms with Crippen molar-refractivity contribution in [1.82, 2.24) is 25.2 Å². The highest BCUT2D eigenvalue weighted by atomic mass is 32.2. The molecule has 5 atom stereocenters. The monoisotopic (exact) mass is 759 g/mol. The average molecular weight is 760 g/mol. The molecule has 3 fully saturated rings. The summed E-state index contributed by atoms with van der Waals surface area (Å²) in [6, 6.07) is 1.85. The van der Waals surface area contributed by atoms with Gasteiger partial charge in [0.05, 0.1) is 24.3 Å². The minimum absolute atomic E-state index is 0.0540. The number of methoxy groups -OCH3 is 1. The van der Waals surface area contributed by atoms with Gasteiger partial charge in [-0.15, -0.1) is 0 Å². The SMILES string of the molecule is CCCC/C=C\[C@@H]1C[C@]1(NC(=O)[C@@H]1C[C@@H](Oc2nccc3c(OC)cc(F)cc23)CN1C(=O)[C@H](CC)NC(=O)OC(C)(C)C)C(=O)NS(=O)(=O)C1CC1. The summed E-state index contributed by atoms with van der Waals surface area (Å²) in [5.74, 6) is -2.86. The molecule has 3 aliphatic rings. The van der Waals surface area contributed by atoms with Gasteiger partial charge in [-0.05, 0) is 65.0 Å². The van der Waals surface area contributed by atoms with E-state index in [4.69, 9.17) is 14.2 Å². The highest BCUT2D eigenvalue weighted by Crippen LogP contribution is 2.46. The van der Waals surface area contributed by atoms with Crippen molar-refractivity contribution in [3.05, 3.63) is 42.4 Å². The summed E-state index contributed by atoms with van der Waals surface area (Å²) in [4.78, 5) is 60.4. The number of sulfonamides is 1. The van der Waals surface area contributed by atoms with Gasteiger partial charge in [-0.2, -0.15) is 0 Å². The Labute approximate surface area is 309 Å². The summed E-state index contributed by atoms with van der Waals surface area (Å²) >= 11 is 0. The lowest BCUT2D eigenvalue weighted by Crippen LogP contribution is -2.58. The van der Waals surface area contributed by atoms with Gasteiger partial charge in [-0.1, -0.05) is 38.8 Å². The number of amides is 4. The van der Waals surface area contributed by atoms with Crippen LogP contribution in [0.1, 0.15) is 86.0 Å². The van der Waals surface area contributed by atoms with E-state index in [9.17, 15) is 32.0 Å². The van der Waals surface area contributed by atoms with Crippen LogP contribution in [-0.2, 0) is 29.1 Å². The van der Waals surface area contributed by atoms with Crippen molar-refractivity contribution >= 4 is 44.6 Å². The van der Waals surface area contributed by atoms with Crippen molar-refractivity contribution < 1.29 is 46.2 Å².